The number of rotatable bonds is 4. The molecule has 0 radical (unpaired) electrons. The summed E-state index contributed by atoms with van der Waals surface area (Å²) in [7, 11) is 0. The van der Waals surface area contributed by atoms with Gasteiger partial charge < -0.3 is 9.84 Å². The normalized spacial score (nSPS) is 10.2. The molecule has 0 saturated heterocycles. The highest BCUT2D eigenvalue weighted by Crippen LogP contribution is 2.31. The molecule has 2 aromatic carbocycles. The molecule has 21 heavy (non-hydrogen) atoms. The number of benzene rings is 2. The third-order valence-electron chi connectivity index (χ3n) is 2.77. The van der Waals surface area contributed by atoms with Crippen LogP contribution in [-0.2, 0) is 0 Å². The summed E-state index contributed by atoms with van der Waals surface area (Å²) in [5.41, 5.74) is -0.121. The minimum atomic E-state index is -1.39. The number of carboxylic acids is 1. The molecular formula is C14H10ClNO5. The second-order valence-corrected chi connectivity index (χ2v) is 4.69. The van der Waals surface area contributed by atoms with Gasteiger partial charge in [0.25, 0.3) is 5.69 Å². The Balaban J connectivity index is 2.41. The van der Waals surface area contributed by atoms with E-state index in [0.717, 1.165) is 17.7 Å². The van der Waals surface area contributed by atoms with Crippen molar-refractivity contribution in [1.82, 2.24) is 0 Å². The van der Waals surface area contributed by atoms with E-state index in [2.05, 4.69) is 0 Å². The largest absolute Gasteiger partial charge is 0.477 e. The molecule has 0 bridgehead atoms. The maximum absolute atomic E-state index is 11.1. The fourth-order valence-corrected chi connectivity index (χ4v) is 1.88. The van der Waals surface area contributed by atoms with Gasteiger partial charge in [0, 0.05) is 17.2 Å². The number of halogens is 1. The van der Waals surface area contributed by atoms with Gasteiger partial charge in [0.1, 0.15) is 17.1 Å². The van der Waals surface area contributed by atoms with E-state index < -0.39 is 22.1 Å². The summed E-state index contributed by atoms with van der Waals surface area (Å²) in [4.78, 5) is 21.1. The first-order chi connectivity index (χ1) is 9.88. The second kappa shape index (κ2) is 5.80. The predicted octanol–water partition coefficient (Wildman–Crippen LogP) is 4.05. The molecule has 0 unspecified atom stereocenters. The highest BCUT2D eigenvalue weighted by molar-refractivity contribution is 6.30. The molecule has 0 saturated carbocycles. The van der Waals surface area contributed by atoms with Gasteiger partial charge in [0.15, 0.2) is 0 Å². The van der Waals surface area contributed by atoms with E-state index in [-0.39, 0.29) is 5.75 Å². The standard InChI is InChI=1S/C14H10ClNO5/c1-8-2-3-9(15)6-13(8)21-10-4-5-12(16(19)20)11(7-10)14(17)18/h2-7H,1H3,(H,17,18). The van der Waals surface area contributed by atoms with Gasteiger partial charge in [-0.15, -0.1) is 0 Å². The molecule has 0 aliphatic carbocycles. The Labute approximate surface area is 124 Å². The highest BCUT2D eigenvalue weighted by atomic mass is 35.5. The smallest absolute Gasteiger partial charge is 0.342 e. The first kappa shape index (κ1) is 14.8. The number of nitrogens with zero attached hydrogens (tertiary/aromatic N) is 1. The summed E-state index contributed by atoms with van der Waals surface area (Å²) in [5.74, 6) is -0.758. The SMILES string of the molecule is Cc1ccc(Cl)cc1Oc1ccc([N+](=O)[O-])c(C(=O)O)c1. The average Bonchev–Trinajstić information content (AvgIpc) is 2.42. The molecule has 7 heteroatoms. The lowest BCUT2D eigenvalue weighted by molar-refractivity contribution is -0.385. The van der Waals surface area contributed by atoms with Gasteiger partial charge in [-0.3, -0.25) is 10.1 Å². The number of aromatic carboxylic acids is 1. The van der Waals surface area contributed by atoms with Crippen molar-refractivity contribution >= 4 is 23.3 Å². The number of carbonyl (C=O) groups is 1. The van der Waals surface area contributed by atoms with Crippen LogP contribution in [0.2, 0.25) is 5.02 Å². The van der Waals surface area contributed by atoms with E-state index in [0.29, 0.717) is 10.8 Å². The van der Waals surface area contributed by atoms with Crippen LogP contribution in [0.5, 0.6) is 11.5 Å². The maximum Gasteiger partial charge on any atom is 0.342 e. The monoisotopic (exact) mass is 307 g/mol. The fourth-order valence-electron chi connectivity index (χ4n) is 1.72. The van der Waals surface area contributed by atoms with E-state index in [9.17, 15) is 14.9 Å². The Hall–Kier alpha value is -2.60. The third-order valence-corrected chi connectivity index (χ3v) is 3.01. The molecule has 108 valence electrons. The number of nitro groups is 1. The Bertz CT molecular complexity index is 729. The lowest BCUT2D eigenvalue weighted by Crippen LogP contribution is -2.03. The summed E-state index contributed by atoms with van der Waals surface area (Å²) in [6.45, 7) is 1.80. The minimum absolute atomic E-state index is 0.184. The van der Waals surface area contributed by atoms with Gasteiger partial charge in [-0.2, -0.15) is 0 Å². The van der Waals surface area contributed by atoms with Crippen LogP contribution in [0.25, 0.3) is 0 Å². The zero-order chi connectivity index (χ0) is 15.6. The van der Waals surface area contributed by atoms with Gasteiger partial charge >= 0.3 is 5.97 Å². The molecule has 1 N–H and O–H groups in total. The van der Waals surface area contributed by atoms with Gasteiger partial charge in [-0.1, -0.05) is 17.7 Å². The van der Waals surface area contributed by atoms with Crippen LogP contribution in [0.3, 0.4) is 0 Å². The molecule has 0 aliphatic heterocycles. The summed E-state index contributed by atoms with van der Waals surface area (Å²) in [5, 5.41) is 20.3. The van der Waals surface area contributed by atoms with Crippen molar-refractivity contribution in [2.45, 2.75) is 6.92 Å². The van der Waals surface area contributed by atoms with E-state index in [1.165, 1.54) is 6.07 Å². The number of nitro benzene ring substituents is 1. The first-order valence-corrected chi connectivity index (χ1v) is 6.22. The number of hydrogen-bond donors (Lipinski definition) is 1. The highest BCUT2D eigenvalue weighted by Gasteiger charge is 2.20. The zero-order valence-corrected chi connectivity index (χ0v) is 11.6. The van der Waals surface area contributed by atoms with Crippen LogP contribution >= 0.6 is 11.6 Å². The van der Waals surface area contributed by atoms with Crippen LogP contribution in [0.15, 0.2) is 36.4 Å². The van der Waals surface area contributed by atoms with Crippen molar-refractivity contribution in [1.29, 1.82) is 0 Å². The molecular weight excluding hydrogens is 298 g/mol. The average molecular weight is 308 g/mol. The van der Waals surface area contributed by atoms with Crippen LogP contribution in [0.1, 0.15) is 15.9 Å². The van der Waals surface area contributed by atoms with Crippen LogP contribution < -0.4 is 4.74 Å². The maximum atomic E-state index is 11.1. The quantitative estimate of drug-likeness (QED) is 0.680. The Kier molecular flexibility index (Phi) is 4.09. The topological polar surface area (TPSA) is 89.7 Å². The molecule has 0 spiro atoms. The van der Waals surface area contributed by atoms with Gasteiger partial charge in [0.2, 0.25) is 0 Å². The lowest BCUT2D eigenvalue weighted by atomic mass is 10.1. The predicted molar refractivity (Wildman–Crippen MR) is 76.3 cm³/mol. The molecule has 0 aromatic heterocycles. The molecule has 0 amide bonds. The van der Waals surface area contributed by atoms with Crippen molar-refractivity contribution in [2.24, 2.45) is 0 Å². The lowest BCUT2D eigenvalue weighted by Gasteiger charge is -2.09. The second-order valence-electron chi connectivity index (χ2n) is 4.25. The molecule has 0 heterocycles. The van der Waals surface area contributed by atoms with Gasteiger partial charge in [0.05, 0.1) is 4.92 Å². The molecule has 2 aromatic rings. The molecule has 0 atom stereocenters. The van der Waals surface area contributed by atoms with Crippen molar-refractivity contribution in [3.8, 4) is 11.5 Å². The third kappa shape index (κ3) is 3.29. The molecule has 0 fully saturated rings. The molecule has 2 rings (SSSR count). The zero-order valence-electron chi connectivity index (χ0n) is 10.9. The summed E-state index contributed by atoms with van der Waals surface area (Å²) < 4.78 is 5.55. The number of carboxylic acid groups (broad SMARTS) is 1. The number of aryl methyl sites for hydroxylation is 1. The van der Waals surface area contributed by atoms with Crippen molar-refractivity contribution in [3.63, 3.8) is 0 Å². The summed E-state index contributed by atoms with van der Waals surface area (Å²) >= 11 is 5.87. The Morgan fingerprint density at radius 1 is 1.29 bits per heavy atom. The van der Waals surface area contributed by atoms with Crippen molar-refractivity contribution in [2.75, 3.05) is 0 Å². The first-order valence-electron chi connectivity index (χ1n) is 5.84. The van der Waals surface area contributed by atoms with E-state index in [1.807, 2.05) is 0 Å². The number of ether oxygens (including phenoxy) is 1. The van der Waals surface area contributed by atoms with Crippen LogP contribution in [-0.4, -0.2) is 16.0 Å². The van der Waals surface area contributed by atoms with Crippen molar-refractivity contribution in [3.05, 3.63) is 62.7 Å². The Morgan fingerprint density at radius 3 is 2.62 bits per heavy atom. The van der Waals surface area contributed by atoms with Gasteiger partial charge in [-0.25, -0.2) is 4.79 Å². The number of hydrogen-bond acceptors (Lipinski definition) is 4. The fraction of sp³-hybridized carbons (Fsp3) is 0.0714. The minimum Gasteiger partial charge on any atom is -0.477 e. The molecule has 0 aliphatic rings. The van der Waals surface area contributed by atoms with E-state index in [4.69, 9.17) is 21.4 Å². The summed E-state index contributed by atoms with van der Waals surface area (Å²) in [6.07, 6.45) is 0. The van der Waals surface area contributed by atoms with Crippen LogP contribution in [0.4, 0.5) is 5.69 Å². The van der Waals surface area contributed by atoms with Crippen molar-refractivity contribution < 1.29 is 19.6 Å². The Morgan fingerprint density at radius 2 is 2.00 bits per heavy atom. The van der Waals surface area contributed by atoms with Crippen LogP contribution in [0, 0.1) is 17.0 Å². The molecule has 6 nitrogen and oxygen atoms in total. The van der Waals surface area contributed by atoms with E-state index in [1.54, 1.807) is 25.1 Å². The van der Waals surface area contributed by atoms with Gasteiger partial charge in [-0.05, 0) is 30.7 Å². The van der Waals surface area contributed by atoms with E-state index >= 15 is 0 Å². The summed E-state index contributed by atoms with van der Waals surface area (Å²) in [6, 6.07) is 8.58.